The number of fused-ring (bicyclic) bond motifs is 2. The van der Waals surface area contributed by atoms with Crippen LogP contribution >= 0.6 is 0 Å². The molecule has 7 heteroatoms. The molecule has 3 fully saturated rings. The quantitative estimate of drug-likeness (QED) is 0.877. The van der Waals surface area contributed by atoms with Gasteiger partial charge in [-0.05, 0) is 63.2 Å². The van der Waals surface area contributed by atoms with Crippen LogP contribution in [-0.2, 0) is 11.3 Å². The summed E-state index contributed by atoms with van der Waals surface area (Å²) >= 11 is 0. The Balaban J connectivity index is 1.67. The number of rotatable bonds is 3. The van der Waals surface area contributed by atoms with Crippen molar-refractivity contribution in [3.8, 4) is 5.88 Å². The van der Waals surface area contributed by atoms with Crippen LogP contribution in [0.15, 0.2) is 11.0 Å². The van der Waals surface area contributed by atoms with E-state index >= 15 is 0 Å². The fraction of sp³-hybridized carbons (Fsp3) is 0.778. The number of aromatic nitrogens is 2. The van der Waals surface area contributed by atoms with E-state index in [1.807, 2.05) is 0 Å². The van der Waals surface area contributed by atoms with Gasteiger partial charge in [0, 0.05) is 6.54 Å². The number of aromatic hydroxyl groups is 1. The standard InChI is InChI=1S/C18H29N3O4/c1-17(2,3)25-15(23)19-21-14(22)10-20(16(21)24)9-11-6-12-8-13(7-11)18(12,4)5/h10-13,22H,6-9H2,1-5H3,(H,19,23). The summed E-state index contributed by atoms with van der Waals surface area (Å²) in [5.74, 6) is 1.59. The van der Waals surface area contributed by atoms with Crippen molar-refractivity contribution in [2.45, 2.75) is 66.0 Å². The summed E-state index contributed by atoms with van der Waals surface area (Å²) in [4.78, 5) is 24.3. The van der Waals surface area contributed by atoms with Gasteiger partial charge < -0.3 is 9.84 Å². The second-order valence-corrected chi connectivity index (χ2v) is 9.16. The normalized spacial score (nSPS) is 27.5. The average molecular weight is 351 g/mol. The molecule has 1 heterocycles. The van der Waals surface area contributed by atoms with E-state index in [1.54, 1.807) is 20.8 Å². The van der Waals surface area contributed by atoms with E-state index in [4.69, 9.17) is 4.74 Å². The van der Waals surface area contributed by atoms with Gasteiger partial charge in [-0.1, -0.05) is 13.8 Å². The van der Waals surface area contributed by atoms with Gasteiger partial charge in [-0.3, -0.25) is 4.57 Å². The smallest absolute Gasteiger partial charge is 0.427 e. The number of ether oxygens (including phenoxy) is 1. The Morgan fingerprint density at radius 2 is 1.92 bits per heavy atom. The lowest BCUT2D eigenvalue weighted by molar-refractivity contribution is -0.0926. The third-order valence-corrected chi connectivity index (χ3v) is 5.90. The van der Waals surface area contributed by atoms with E-state index in [-0.39, 0.29) is 5.88 Å². The van der Waals surface area contributed by atoms with Crippen molar-refractivity contribution in [2.24, 2.45) is 23.2 Å². The first-order valence-electron chi connectivity index (χ1n) is 8.98. The highest BCUT2D eigenvalue weighted by atomic mass is 16.6. The topological polar surface area (TPSA) is 85.5 Å². The van der Waals surface area contributed by atoms with Gasteiger partial charge in [0.15, 0.2) is 0 Å². The van der Waals surface area contributed by atoms with Gasteiger partial charge in [0.25, 0.3) is 0 Å². The zero-order valence-corrected chi connectivity index (χ0v) is 15.7. The third-order valence-electron chi connectivity index (χ3n) is 5.90. The van der Waals surface area contributed by atoms with Gasteiger partial charge in [0.1, 0.15) is 5.60 Å². The van der Waals surface area contributed by atoms with Crippen LogP contribution in [0.2, 0.25) is 0 Å². The summed E-state index contributed by atoms with van der Waals surface area (Å²) in [6.07, 6.45) is 4.13. The molecule has 0 radical (unpaired) electrons. The second kappa shape index (κ2) is 5.81. The summed E-state index contributed by atoms with van der Waals surface area (Å²) in [7, 11) is 0. The molecule has 3 saturated carbocycles. The maximum Gasteiger partial charge on any atom is 0.427 e. The van der Waals surface area contributed by atoms with E-state index in [9.17, 15) is 14.7 Å². The molecule has 0 aliphatic heterocycles. The molecule has 1 amide bonds. The van der Waals surface area contributed by atoms with Crippen LogP contribution in [0.25, 0.3) is 0 Å². The Hall–Kier alpha value is -1.92. The number of hydrogen-bond acceptors (Lipinski definition) is 4. The van der Waals surface area contributed by atoms with Crippen molar-refractivity contribution in [1.82, 2.24) is 9.24 Å². The van der Waals surface area contributed by atoms with Gasteiger partial charge >= 0.3 is 11.8 Å². The molecule has 3 aliphatic rings. The van der Waals surface area contributed by atoms with Crippen LogP contribution < -0.4 is 11.1 Å². The maximum absolute atomic E-state index is 12.5. The van der Waals surface area contributed by atoms with Gasteiger partial charge in [-0.15, -0.1) is 0 Å². The van der Waals surface area contributed by atoms with E-state index in [1.165, 1.54) is 17.2 Å². The Morgan fingerprint density at radius 1 is 1.32 bits per heavy atom. The highest BCUT2D eigenvalue weighted by Gasteiger charge is 2.52. The first-order chi connectivity index (χ1) is 11.5. The second-order valence-electron chi connectivity index (χ2n) is 9.16. The van der Waals surface area contributed by atoms with E-state index in [0.29, 0.717) is 17.9 Å². The summed E-state index contributed by atoms with van der Waals surface area (Å²) in [5.41, 5.74) is 1.58. The van der Waals surface area contributed by atoms with E-state index in [2.05, 4.69) is 19.3 Å². The Morgan fingerprint density at radius 3 is 2.44 bits per heavy atom. The SMILES string of the molecule is CC(C)(C)OC(=O)Nn1c(O)cn(CC2CC3CC(C2)C3(C)C)c1=O. The van der Waals surface area contributed by atoms with Crippen molar-refractivity contribution in [2.75, 3.05) is 5.43 Å². The van der Waals surface area contributed by atoms with Crippen molar-refractivity contribution in [3.63, 3.8) is 0 Å². The number of nitrogens with zero attached hydrogens (tertiary/aromatic N) is 2. The third kappa shape index (κ3) is 3.41. The molecule has 4 rings (SSSR count). The lowest BCUT2D eigenvalue weighted by atomic mass is 9.47. The van der Waals surface area contributed by atoms with Crippen LogP contribution in [-0.4, -0.2) is 26.0 Å². The number of nitrogens with one attached hydrogen (secondary N) is 1. The maximum atomic E-state index is 12.5. The molecule has 0 aromatic carbocycles. The number of carbonyl (C=O) groups excluding carboxylic acids is 1. The predicted octanol–water partition coefficient (Wildman–Crippen LogP) is 2.91. The van der Waals surface area contributed by atoms with Gasteiger partial charge in [-0.2, -0.15) is 4.68 Å². The minimum Gasteiger partial charge on any atom is -0.492 e. The van der Waals surface area contributed by atoms with Crippen LogP contribution in [0.3, 0.4) is 0 Å². The summed E-state index contributed by atoms with van der Waals surface area (Å²) in [6.45, 7) is 10.4. The molecule has 1 aromatic heterocycles. The molecule has 140 valence electrons. The summed E-state index contributed by atoms with van der Waals surface area (Å²) < 4.78 is 7.44. The number of hydrogen-bond donors (Lipinski definition) is 2. The molecule has 0 spiro atoms. The molecule has 0 saturated heterocycles. The molecule has 2 atom stereocenters. The van der Waals surface area contributed by atoms with Crippen LogP contribution in [0.5, 0.6) is 5.88 Å². The summed E-state index contributed by atoms with van der Waals surface area (Å²) in [5, 5.41) is 10.0. The van der Waals surface area contributed by atoms with Gasteiger partial charge in [-0.25, -0.2) is 15.0 Å². The molecular weight excluding hydrogens is 322 g/mol. The number of carbonyl (C=O) groups is 1. The molecule has 2 bridgehead atoms. The first kappa shape index (κ1) is 17.9. The highest BCUT2D eigenvalue weighted by Crippen LogP contribution is 2.60. The van der Waals surface area contributed by atoms with E-state index in [0.717, 1.165) is 29.4 Å². The molecule has 7 nitrogen and oxygen atoms in total. The zero-order chi connectivity index (χ0) is 18.6. The monoisotopic (exact) mass is 351 g/mol. The van der Waals surface area contributed by atoms with Gasteiger partial charge in [0.2, 0.25) is 5.88 Å². The molecule has 3 aliphatic carbocycles. The summed E-state index contributed by atoms with van der Waals surface area (Å²) in [6, 6.07) is 0. The number of imidazole rings is 1. The minimum absolute atomic E-state index is 0.294. The van der Waals surface area contributed by atoms with Crippen molar-refractivity contribution in [1.29, 1.82) is 0 Å². The minimum atomic E-state index is -0.775. The van der Waals surface area contributed by atoms with E-state index < -0.39 is 17.4 Å². The van der Waals surface area contributed by atoms with Crippen LogP contribution in [0, 0.1) is 23.2 Å². The number of amides is 1. The van der Waals surface area contributed by atoms with Crippen molar-refractivity contribution >= 4 is 6.09 Å². The first-order valence-corrected chi connectivity index (χ1v) is 8.98. The van der Waals surface area contributed by atoms with Crippen LogP contribution in [0.1, 0.15) is 53.9 Å². The van der Waals surface area contributed by atoms with Gasteiger partial charge in [0.05, 0.1) is 6.20 Å². The Kier molecular flexibility index (Phi) is 4.16. The lowest BCUT2D eigenvalue weighted by Crippen LogP contribution is -2.51. The largest absolute Gasteiger partial charge is 0.492 e. The molecule has 2 unspecified atom stereocenters. The fourth-order valence-corrected chi connectivity index (χ4v) is 4.36. The van der Waals surface area contributed by atoms with Crippen LogP contribution in [0.4, 0.5) is 4.79 Å². The fourth-order valence-electron chi connectivity index (χ4n) is 4.36. The molecule has 25 heavy (non-hydrogen) atoms. The molecular formula is C18H29N3O4. The molecule has 2 N–H and O–H groups in total. The van der Waals surface area contributed by atoms with Crippen molar-refractivity contribution in [3.05, 3.63) is 16.7 Å². The molecule has 1 aromatic rings. The lowest BCUT2D eigenvalue weighted by Gasteiger charge is -2.59. The van der Waals surface area contributed by atoms with Crippen molar-refractivity contribution < 1.29 is 14.6 Å². The Labute approximate surface area is 147 Å². The average Bonchev–Trinajstić information content (AvgIpc) is 2.73. The zero-order valence-electron chi connectivity index (χ0n) is 15.7. The Bertz CT molecular complexity index is 712. The highest BCUT2D eigenvalue weighted by molar-refractivity contribution is 5.76. The predicted molar refractivity (Wildman–Crippen MR) is 94.1 cm³/mol.